The fourth-order valence-corrected chi connectivity index (χ4v) is 7.84. The van der Waals surface area contributed by atoms with Crippen molar-refractivity contribution >= 4 is 60.4 Å². The molecule has 164 valence electrons. The maximum atomic E-state index is 13.3. The first kappa shape index (κ1) is 22.3. The molecule has 1 aliphatic rings. The number of allylic oxidation sites excluding steroid dienone is 1. The number of carbonyl (C=O) groups is 1. The number of aromatic nitrogens is 2. The molecule has 3 aromatic heterocycles. The summed E-state index contributed by atoms with van der Waals surface area (Å²) in [5, 5.41) is 7.19. The second kappa shape index (κ2) is 8.89. The molecule has 0 unspecified atom stereocenters. The number of amides is 1. The van der Waals surface area contributed by atoms with Crippen molar-refractivity contribution in [2.45, 2.75) is 36.3 Å². The average molecular weight is 496 g/mol. The van der Waals surface area contributed by atoms with Gasteiger partial charge >= 0.3 is 0 Å². The predicted octanol–water partition coefficient (Wildman–Crippen LogP) is 3.16. The molecule has 0 radical (unpaired) electrons. The third-order valence-electron chi connectivity index (χ3n) is 4.99. The molecule has 0 bridgehead atoms. The Morgan fingerprint density at radius 3 is 2.94 bits per heavy atom. The van der Waals surface area contributed by atoms with Gasteiger partial charge < -0.3 is 5.32 Å². The van der Waals surface area contributed by atoms with Crippen molar-refractivity contribution in [3.8, 4) is 10.4 Å². The van der Waals surface area contributed by atoms with E-state index in [2.05, 4.69) is 16.9 Å². The number of nitrogens with one attached hydrogen (secondary N) is 1. The summed E-state index contributed by atoms with van der Waals surface area (Å²) >= 11 is 4.16. The number of sulfone groups is 1. The molecule has 0 aliphatic carbocycles. The zero-order valence-corrected chi connectivity index (χ0v) is 20.0. The van der Waals surface area contributed by atoms with Gasteiger partial charge in [0.15, 0.2) is 15.0 Å². The van der Waals surface area contributed by atoms with E-state index in [-0.39, 0.29) is 35.6 Å². The van der Waals surface area contributed by atoms with E-state index in [0.717, 1.165) is 10.4 Å². The molecule has 1 saturated heterocycles. The molecule has 1 aliphatic heterocycles. The van der Waals surface area contributed by atoms with Crippen molar-refractivity contribution in [2.24, 2.45) is 0 Å². The molecule has 1 fully saturated rings. The Morgan fingerprint density at radius 1 is 1.48 bits per heavy atom. The molecule has 1 N–H and O–H groups in total. The fraction of sp³-hybridized carbons (Fsp3) is 0.350. The van der Waals surface area contributed by atoms with Gasteiger partial charge in [-0.15, -0.1) is 29.3 Å². The maximum Gasteiger partial charge on any atom is 0.263 e. The zero-order valence-electron chi connectivity index (χ0n) is 16.7. The van der Waals surface area contributed by atoms with Crippen LogP contribution in [0, 0.1) is 0 Å². The fourth-order valence-electron chi connectivity index (χ4n) is 3.44. The van der Waals surface area contributed by atoms with E-state index in [1.54, 1.807) is 24.3 Å². The Hall–Kier alpha value is -1.95. The van der Waals surface area contributed by atoms with E-state index in [4.69, 9.17) is 0 Å². The van der Waals surface area contributed by atoms with Gasteiger partial charge in [0.05, 0.1) is 22.1 Å². The molecular formula is C20H21N3O4S4. The van der Waals surface area contributed by atoms with Crippen LogP contribution in [-0.4, -0.2) is 46.7 Å². The first-order valence-electron chi connectivity index (χ1n) is 9.63. The molecule has 0 aromatic carbocycles. The smallest absolute Gasteiger partial charge is 0.263 e. The van der Waals surface area contributed by atoms with Crippen LogP contribution in [0.4, 0.5) is 0 Å². The van der Waals surface area contributed by atoms with Crippen LogP contribution in [-0.2, 0) is 21.2 Å². The van der Waals surface area contributed by atoms with Crippen LogP contribution in [0.2, 0.25) is 0 Å². The minimum atomic E-state index is -3.07. The van der Waals surface area contributed by atoms with E-state index in [9.17, 15) is 18.0 Å². The monoisotopic (exact) mass is 495 g/mol. The molecule has 4 heterocycles. The maximum absolute atomic E-state index is 13.3. The van der Waals surface area contributed by atoms with E-state index >= 15 is 0 Å². The van der Waals surface area contributed by atoms with Crippen molar-refractivity contribution in [1.29, 1.82) is 0 Å². The van der Waals surface area contributed by atoms with Crippen LogP contribution >= 0.6 is 34.4 Å². The van der Waals surface area contributed by atoms with Gasteiger partial charge in [-0.25, -0.2) is 13.4 Å². The topological polar surface area (TPSA) is 98.1 Å². The lowest BCUT2D eigenvalue weighted by atomic mass is 10.2. The second-order valence-corrected chi connectivity index (χ2v) is 12.6. The quantitative estimate of drug-likeness (QED) is 0.307. The summed E-state index contributed by atoms with van der Waals surface area (Å²) in [7, 11) is -3.07. The number of thiophene rings is 2. The largest absolute Gasteiger partial charge is 0.351 e. The standard InChI is InChI=1S/C20H21N3O4S4/c1-3-7-23-19(25)16-14(15-5-4-8-28-15)10-29-18(16)22-20(23)30-12(2)17(24)21-13-6-9-31(26,27)11-13/h3-5,8,10,12-13H,1,6-7,9,11H2,2H3,(H,21,24)/t12-,13-/m1/s1. The van der Waals surface area contributed by atoms with Gasteiger partial charge in [-0.3, -0.25) is 14.2 Å². The summed E-state index contributed by atoms with van der Waals surface area (Å²) < 4.78 is 24.8. The Morgan fingerprint density at radius 2 is 2.29 bits per heavy atom. The van der Waals surface area contributed by atoms with E-state index in [1.165, 1.54) is 27.7 Å². The van der Waals surface area contributed by atoms with Gasteiger partial charge in [-0.2, -0.15) is 0 Å². The lowest BCUT2D eigenvalue weighted by Gasteiger charge is -2.17. The first-order chi connectivity index (χ1) is 14.8. The number of hydrogen-bond donors (Lipinski definition) is 1. The van der Waals surface area contributed by atoms with Gasteiger partial charge in [-0.1, -0.05) is 23.9 Å². The third-order valence-corrected chi connectivity index (χ3v) is 9.62. The van der Waals surface area contributed by atoms with Gasteiger partial charge in [0.2, 0.25) is 5.91 Å². The first-order valence-corrected chi connectivity index (χ1v) is 14.1. The number of nitrogens with zero attached hydrogens (tertiary/aromatic N) is 2. The average Bonchev–Trinajstić information content (AvgIpc) is 3.44. The van der Waals surface area contributed by atoms with Gasteiger partial charge in [0, 0.05) is 28.4 Å². The molecule has 0 spiro atoms. The highest BCUT2D eigenvalue weighted by molar-refractivity contribution is 8.00. The third kappa shape index (κ3) is 4.64. The van der Waals surface area contributed by atoms with Crippen LogP contribution in [0.25, 0.3) is 20.7 Å². The normalized spacial score (nSPS) is 18.8. The lowest BCUT2D eigenvalue weighted by molar-refractivity contribution is -0.120. The van der Waals surface area contributed by atoms with Crippen LogP contribution in [0.3, 0.4) is 0 Å². The molecule has 11 heteroatoms. The lowest BCUT2D eigenvalue weighted by Crippen LogP contribution is -2.40. The number of carbonyl (C=O) groups excluding carboxylic acids is 1. The van der Waals surface area contributed by atoms with Crippen molar-refractivity contribution in [3.63, 3.8) is 0 Å². The minimum absolute atomic E-state index is 0.0256. The highest BCUT2D eigenvalue weighted by Crippen LogP contribution is 2.35. The van der Waals surface area contributed by atoms with E-state index in [0.29, 0.717) is 21.8 Å². The second-order valence-electron chi connectivity index (χ2n) is 7.27. The predicted molar refractivity (Wildman–Crippen MR) is 128 cm³/mol. The number of rotatable bonds is 7. The summed E-state index contributed by atoms with van der Waals surface area (Å²) in [5.41, 5.74) is 0.710. The molecule has 4 rings (SSSR count). The highest BCUT2D eigenvalue weighted by Gasteiger charge is 2.30. The molecular weight excluding hydrogens is 475 g/mol. The van der Waals surface area contributed by atoms with Crippen LogP contribution in [0.15, 0.2) is 45.5 Å². The van der Waals surface area contributed by atoms with Gasteiger partial charge in [0.25, 0.3) is 5.56 Å². The number of thioether (sulfide) groups is 1. The molecule has 2 atom stereocenters. The van der Waals surface area contributed by atoms with E-state index in [1.807, 2.05) is 22.9 Å². The molecule has 3 aromatic rings. The van der Waals surface area contributed by atoms with Gasteiger partial charge in [-0.05, 0) is 24.8 Å². The summed E-state index contributed by atoms with van der Waals surface area (Å²) in [4.78, 5) is 32.3. The summed E-state index contributed by atoms with van der Waals surface area (Å²) in [6.45, 7) is 5.75. The molecule has 0 saturated carbocycles. The highest BCUT2D eigenvalue weighted by atomic mass is 32.2. The van der Waals surface area contributed by atoms with Crippen molar-refractivity contribution in [1.82, 2.24) is 14.9 Å². The Balaban J connectivity index is 1.62. The number of hydrogen-bond acceptors (Lipinski definition) is 8. The van der Waals surface area contributed by atoms with Crippen LogP contribution in [0.5, 0.6) is 0 Å². The van der Waals surface area contributed by atoms with Gasteiger partial charge in [0.1, 0.15) is 4.83 Å². The van der Waals surface area contributed by atoms with Crippen molar-refractivity contribution in [2.75, 3.05) is 11.5 Å². The Kier molecular flexibility index (Phi) is 6.38. The van der Waals surface area contributed by atoms with Crippen LogP contribution in [0.1, 0.15) is 13.3 Å². The minimum Gasteiger partial charge on any atom is -0.351 e. The SMILES string of the molecule is C=CCn1c(S[C@H](C)C(=O)N[C@@H]2CCS(=O)(=O)C2)nc2scc(-c3cccs3)c2c1=O. The van der Waals surface area contributed by atoms with Crippen molar-refractivity contribution in [3.05, 3.63) is 45.9 Å². The summed E-state index contributed by atoms with van der Waals surface area (Å²) in [5.74, 6) is -0.193. The summed E-state index contributed by atoms with van der Waals surface area (Å²) in [6, 6.07) is 3.55. The van der Waals surface area contributed by atoms with Crippen molar-refractivity contribution < 1.29 is 13.2 Å². The van der Waals surface area contributed by atoms with E-state index < -0.39 is 15.1 Å². The Labute approximate surface area is 192 Å². The Bertz CT molecular complexity index is 1290. The molecule has 7 nitrogen and oxygen atoms in total. The molecule has 1 amide bonds. The summed E-state index contributed by atoms with van der Waals surface area (Å²) in [6.07, 6.45) is 2.06. The zero-order chi connectivity index (χ0) is 22.2. The number of fused-ring (bicyclic) bond motifs is 1. The molecule has 31 heavy (non-hydrogen) atoms. The van der Waals surface area contributed by atoms with Crippen LogP contribution < -0.4 is 10.9 Å².